The van der Waals surface area contributed by atoms with Crippen molar-refractivity contribution < 1.29 is 23.8 Å². The molecule has 0 atom stereocenters. The first-order chi connectivity index (χ1) is 15.7. The minimum absolute atomic E-state index is 0.0788. The van der Waals surface area contributed by atoms with Crippen LogP contribution in [0.15, 0.2) is 55.8 Å². The number of aromatic nitrogens is 4. The molecule has 3 aromatic rings. The number of aromatic amines is 2. The molecule has 13 heteroatoms. The molecule has 33 heavy (non-hydrogen) atoms. The molecule has 0 aliphatic rings. The van der Waals surface area contributed by atoms with Crippen LogP contribution in [0.5, 0.6) is 17.2 Å². The van der Waals surface area contributed by atoms with Gasteiger partial charge in [0.25, 0.3) is 11.1 Å². The summed E-state index contributed by atoms with van der Waals surface area (Å²) < 4.78 is 17.7. The minimum Gasteiger partial charge on any atom is -0.490 e. The van der Waals surface area contributed by atoms with Crippen LogP contribution in [0.3, 0.4) is 0 Å². The molecule has 0 unspecified atom stereocenters. The molecule has 172 valence electrons. The summed E-state index contributed by atoms with van der Waals surface area (Å²) >= 11 is 0. The first kappa shape index (κ1) is 23.0. The molecule has 2 aromatic heterocycles. The van der Waals surface area contributed by atoms with Crippen LogP contribution in [0.4, 0.5) is 0 Å². The standard InChI is InChI=1S/C20H18N4O9/c1-11-7-12(32-16(27)9-23-5-3-14(25)21-19(23)29)18(31-2)13(8-11)33-17(28)10-24-6-4-15(26)22-20(24)30/h3-8H,9-10H2,1-2H3,(H,21,25,29)(H,22,26,30). The molecule has 1 aromatic carbocycles. The fourth-order valence-corrected chi connectivity index (χ4v) is 2.79. The van der Waals surface area contributed by atoms with Crippen molar-refractivity contribution in [1.29, 1.82) is 0 Å². The van der Waals surface area contributed by atoms with Gasteiger partial charge in [-0.3, -0.25) is 28.7 Å². The fraction of sp³-hybridized carbons (Fsp3) is 0.200. The SMILES string of the molecule is COc1c(OC(=O)Cn2ccc(=O)[nH]c2=O)cc(C)cc1OC(=O)Cn1ccc(=O)[nH]c1=O. The molecule has 13 nitrogen and oxygen atoms in total. The van der Waals surface area contributed by atoms with Crippen molar-refractivity contribution in [3.8, 4) is 17.2 Å². The summed E-state index contributed by atoms with van der Waals surface area (Å²) in [6, 6.07) is 5.06. The Hall–Kier alpha value is -4.68. The van der Waals surface area contributed by atoms with E-state index in [0.717, 1.165) is 33.7 Å². The number of ether oxygens (including phenoxy) is 3. The zero-order valence-electron chi connectivity index (χ0n) is 17.4. The molecule has 0 aliphatic heterocycles. The number of esters is 2. The number of nitrogens with one attached hydrogen (secondary N) is 2. The Morgan fingerprint density at radius 2 is 1.24 bits per heavy atom. The number of hydrogen-bond donors (Lipinski definition) is 2. The summed E-state index contributed by atoms with van der Waals surface area (Å²) in [6.07, 6.45) is 2.28. The fourth-order valence-electron chi connectivity index (χ4n) is 2.79. The van der Waals surface area contributed by atoms with Crippen LogP contribution in [0.1, 0.15) is 5.56 Å². The number of carbonyl (C=O) groups is 2. The molecule has 3 rings (SSSR count). The Labute approximate surface area is 183 Å². The van der Waals surface area contributed by atoms with Crippen molar-refractivity contribution in [2.24, 2.45) is 0 Å². The van der Waals surface area contributed by atoms with Crippen molar-refractivity contribution >= 4 is 11.9 Å². The second-order valence-electron chi connectivity index (χ2n) is 6.72. The molecule has 0 fully saturated rings. The third kappa shape index (κ3) is 5.72. The number of nitrogens with zero attached hydrogens (tertiary/aromatic N) is 2. The average Bonchev–Trinajstić information content (AvgIpc) is 2.72. The van der Waals surface area contributed by atoms with E-state index < -0.39 is 47.5 Å². The van der Waals surface area contributed by atoms with Crippen LogP contribution < -0.4 is 36.7 Å². The number of hydrogen-bond acceptors (Lipinski definition) is 9. The van der Waals surface area contributed by atoms with Gasteiger partial charge in [-0.15, -0.1) is 0 Å². The summed E-state index contributed by atoms with van der Waals surface area (Å²) in [5, 5.41) is 0. The van der Waals surface area contributed by atoms with Crippen molar-refractivity contribution in [2.45, 2.75) is 20.0 Å². The van der Waals surface area contributed by atoms with Crippen molar-refractivity contribution in [3.63, 3.8) is 0 Å². The van der Waals surface area contributed by atoms with Gasteiger partial charge < -0.3 is 14.2 Å². The highest BCUT2D eigenvalue weighted by molar-refractivity contribution is 5.76. The highest BCUT2D eigenvalue weighted by atomic mass is 16.6. The highest BCUT2D eigenvalue weighted by Crippen LogP contribution is 2.38. The van der Waals surface area contributed by atoms with Crippen LogP contribution >= 0.6 is 0 Å². The molecule has 0 saturated heterocycles. The lowest BCUT2D eigenvalue weighted by Gasteiger charge is -2.15. The number of benzene rings is 1. The monoisotopic (exact) mass is 458 g/mol. The van der Waals surface area contributed by atoms with Crippen LogP contribution in [-0.4, -0.2) is 38.2 Å². The summed E-state index contributed by atoms with van der Waals surface area (Å²) in [5.74, 6) is -1.95. The molecule has 0 saturated carbocycles. The number of rotatable bonds is 7. The minimum atomic E-state index is -0.856. The Balaban J connectivity index is 1.80. The number of carbonyl (C=O) groups excluding carboxylic acids is 2. The molecule has 0 bridgehead atoms. The summed E-state index contributed by atoms with van der Waals surface area (Å²) in [7, 11) is 1.26. The zero-order chi connectivity index (χ0) is 24.1. The molecular formula is C20H18N4O9. The van der Waals surface area contributed by atoms with Gasteiger partial charge in [-0.1, -0.05) is 0 Å². The molecule has 2 heterocycles. The van der Waals surface area contributed by atoms with Gasteiger partial charge in [-0.05, 0) is 24.6 Å². The number of aryl methyl sites for hydroxylation is 1. The predicted octanol–water partition coefficient (Wildman–Crippen LogP) is -1.09. The van der Waals surface area contributed by atoms with Gasteiger partial charge in [0.05, 0.1) is 7.11 Å². The van der Waals surface area contributed by atoms with Crippen molar-refractivity contribution in [1.82, 2.24) is 19.1 Å². The van der Waals surface area contributed by atoms with Crippen LogP contribution in [0.25, 0.3) is 0 Å². The van der Waals surface area contributed by atoms with E-state index in [1.807, 2.05) is 9.97 Å². The van der Waals surface area contributed by atoms with Gasteiger partial charge in [0.1, 0.15) is 13.1 Å². The van der Waals surface area contributed by atoms with Gasteiger partial charge in [-0.2, -0.15) is 0 Å². The molecule has 0 spiro atoms. The van der Waals surface area contributed by atoms with Gasteiger partial charge in [0.15, 0.2) is 11.5 Å². The molecule has 2 N–H and O–H groups in total. The van der Waals surface area contributed by atoms with E-state index in [1.54, 1.807) is 6.92 Å². The van der Waals surface area contributed by atoms with E-state index in [1.165, 1.54) is 19.2 Å². The van der Waals surface area contributed by atoms with Gasteiger partial charge in [0.2, 0.25) is 5.75 Å². The van der Waals surface area contributed by atoms with Gasteiger partial charge >= 0.3 is 23.3 Å². The van der Waals surface area contributed by atoms with Gasteiger partial charge in [0, 0.05) is 24.5 Å². The lowest BCUT2D eigenvalue weighted by molar-refractivity contribution is -0.135. The molecular weight excluding hydrogens is 440 g/mol. The third-order valence-corrected chi connectivity index (χ3v) is 4.21. The molecule has 0 amide bonds. The maximum absolute atomic E-state index is 12.3. The predicted molar refractivity (Wildman–Crippen MR) is 112 cm³/mol. The second-order valence-corrected chi connectivity index (χ2v) is 6.72. The molecule has 0 aliphatic carbocycles. The zero-order valence-corrected chi connectivity index (χ0v) is 17.4. The summed E-state index contributed by atoms with van der Waals surface area (Å²) in [4.78, 5) is 74.5. The Kier molecular flexibility index (Phi) is 6.71. The quantitative estimate of drug-likeness (QED) is 0.330. The number of methoxy groups -OCH3 is 1. The second kappa shape index (κ2) is 9.64. The maximum atomic E-state index is 12.3. The van der Waals surface area contributed by atoms with E-state index in [9.17, 15) is 28.8 Å². The van der Waals surface area contributed by atoms with Gasteiger partial charge in [-0.25, -0.2) is 19.2 Å². The summed E-state index contributed by atoms with van der Waals surface area (Å²) in [5.41, 5.74) is -2.25. The Morgan fingerprint density at radius 1 is 0.818 bits per heavy atom. The Morgan fingerprint density at radius 3 is 1.61 bits per heavy atom. The first-order valence-corrected chi connectivity index (χ1v) is 9.36. The van der Waals surface area contributed by atoms with Crippen LogP contribution in [-0.2, 0) is 22.7 Å². The van der Waals surface area contributed by atoms with E-state index in [2.05, 4.69) is 0 Å². The lowest BCUT2D eigenvalue weighted by Crippen LogP contribution is -2.32. The largest absolute Gasteiger partial charge is 0.490 e. The van der Waals surface area contributed by atoms with E-state index >= 15 is 0 Å². The van der Waals surface area contributed by atoms with Crippen molar-refractivity contribution in [3.05, 3.63) is 83.9 Å². The normalized spacial score (nSPS) is 10.5. The lowest BCUT2D eigenvalue weighted by atomic mass is 10.2. The Bertz CT molecular complexity index is 1340. The smallest absolute Gasteiger partial charge is 0.331 e. The maximum Gasteiger partial charge on any atom is 0.331 e. The summed E-state index contributed by atoms with van der Waals surface area (Å²) in [6.45, 7) is 0.640. The average molecular weight is 458 g/mol. The van der Waals surface area contributed by atoms with E-state index in [4.69, 9.17) is 14.2 Å². The number of H-pyrrole nitrogens is 2. The molecule has 0 radical (unpaired) electrons. The topological polar surface area (TPSA) is 172 Å². The van der Waals surface area contributed by atoms with Crippen LogP contribution in [0, 0.1) is 6.92 Å². The van der Waals surface area contributed by atoms with Crippen LogP contribution in [0.2, 0.25) is 0 Å². The van der Waals surface area contributed by atoms with E-state index in [-0.39, 0.29) is 17.2 Å². The third-order valence-electron chi connectivity index (χ3n) is 4.21. The van der Waals surface area contributed by atoms with Crippen molar-refractivity contribution in [2.75, 3.05) is 7.11 Å². The highest BCUT2D eigenvalue weighted by Gasteiger charge is 2.19. The first-order valence-electron chi connectivity index (χ1n) is 9.36. The van der Waals surface area contributed by atoms with E-state index in [0.29, 0.717) is 5.56 Å².